The minimum absolute atomic E-state index is 0.141. The van der Waals surface area contributed by atoms with Gasteiger partial charge in [0.05, 0.1) is 38.0 Å². The van der Waals surface area contributed by atoms with Crippen LogP contribution in [0.4, 0.5) is 10.1 Å². The molecule has 1 atom stereocenters. The number of nitrogens with zero attached hydrogens (tertiary/aromatic N) is 1. The predicted octanol–water partition coefficient (Wildman–Crippen LogP) is 5.44. The van der Waals surface area contributed by atoms with Crippen LogP contribution in [0.1, 0.15) is 22.7 Å². The van der Waals surface area contributed by atoms with E-state index in [9.17, 15) is 19.1 Å². The van der Waals surface area contributed by atoms with Gasteiger partial charge in [-0.2, -0.15) is 0 Å². The van der Waals surface area contributed by atoms with Crippen LogP contribution in [0, 0.1) is 12.7 Å². The second-order valence-electron chi connectivity index (χ2n) is 8.07. The summed E-state index contributed by atoms with van der Waals surface area (Å²) in [4.78, 5) is 27.8. The van der Waals surface area contributed by atoms with Crippen molar-refractivity contribution in [1.29, 1.82) is 0 Å². The topological polar surface area (TPSA) is 85.3 Å². The van der Waals surface area contributed by atoms with Crippen LogP contribution in [0.25, 0.3) is 5.76 Å². The highest BCUT2D eigenvalue weighted by molar-refractivity contribution is 6.51. The van der Waals surface area contributed by atoms with Crippen LogP contribution in [0.15, 0.2) is 60.2 Å². The lowest BCUT2D eigenvalue weighted by Gasteiger charge is -2.26. The number of aliphatic hydroxyl groups is 1. The number of aryl methyl sites for hydroxylation is 1. The molecular weight excluding hydrogens is 489 g/mol. The van der Waals surface area contributed by atoms with Crippen molar-refractivity contribution >= 4 is 34.7 Å². The van der Waals surface area contributed by atoms with E-state index in [-0.39, 0.29) is 22.0 Å². The predicted molar refractivity (Wildman–Crippen MR) is 133 cm³/mol. The second kappa shape index (κ2) is 9.91. The van der Waals surface area contributed by atoms with E-state index in [0.717, 1.165) is 11.6 Å². The zero-order valence-corrected chi connectivity index (χ0v) is 20.7. The van der Waals surface area contributed by atoms with E-state index >= 15 is 0 Å². The molecule has 1 fully saturated rings. The Morgan fingerprint density at radius 1 is 0.917 bits per heavy atom. The Hall–Kier alpha value is -4.04. The van der Waals surface area contributed by atoms with Gasteiger partial charge in [-0.25, -0.2) is 4.39 Å². The molecule has 4 rings (SSSR count). The van der Waals surface area contributed by atoms with Crippen molar-refractivity contribution in [1.82, 2.24) is 0 Å². The first-order valence-corrected chi connectivity index (χ1v) is 11.2. The number of Topliss-reactive ketones (excluding diaryl/α,β-unsaturated/α-hetero) is 1. The lowest BCUT2D eigenvalue weighted by atomic mass is 9.94. The number of benzene rings is 3. The lowest BCUT2D eigenvalue weighted by molar-refractivity contribution is -0.132. The number of carbonyl (C=O) groups excluding carboxylic acids is 2. The number of halogens is 2. The largest absolute Gasteiger partial charge is 0.507 e. The van der Waals surface area contributed by atoms with Crippen molar-refractivity contribution in [3.63, 3.8) is 0 Å². The van der Waals surface area contributed by atoms with Gasteiger partial charge in [0.2, 0.25) is 0 Å². The van der Waals surface area contributed by atoms with Gasteiger partial charge in [0.25, 0.3) is 11.7 Å². The Morgan fingerprint density at radius 3 is 2.19 bits per heavy atom. The minimum Gasteiger partial charge on any atom is -0.507 e. The third-order valence-electron chi connectivity index (χ3n) is 6.02. The van der Waals surface area contributed by atoms with Gasteiger partial charge in [-0.1, -0.05) is 17.7 Å². The van der Waals surface area contributed by atoms with Crippen LogP contribution in [-0.4, -0.2) is 38.1 Å². The van der Waals surface area contributed by atoms with Crippen molar-refractivity contribution in [3.05, 3.63) is 87.7 Å². The minimum atomic E-state index is -1.06. The van der Waals surface area contributed by atoms with Crippen molar-refractivity contribution in [2.45, 2.75) is 13.0 Å². The number of carbonyl (C=O) groups is 2. The molecule has 0 spiro atoms. The SMILES string of the molecule is COc1ccc(/C(O)=C2\C(=O)C(=O)N(c3ccc(F)c(Cl)c3)C2c2ccc(OC)c(OC)c2)cc1C. The van der Waals surface area contributed by atoms with Gasteiger partial charge in [0, 0.05) is 11.3 Å². The lowest BCUT2D eigenvalue weighted by Crippen LogP contribution is -2.29. The first-order chi connectivity index (χ1) is 17.2. The highest BCUT2D eigenvalue weighted by Crippen LogP contribution is 2.44. The van der Waals surface area contributed by atoms with E-state index in [1.54, 1.807) is 43.3 Å². The maximum Gasteiger partial charge on any atom is 0.300 e. The third kappa shape index (κ3) is 4.24. The van der Waals surface area contributed by atoms with Crippen LogP contribution < -0.4 is 19.1 Å². The van der Waals surface area contributed by atoms with Crippen molar-refractivity contribution < 1.29 is 33.3 Å². The number of hydrogen-bond donors (Lipinski definition) is 1. The van der Waals surface area contributed by atoms with E-state index in [1.165, 1.54) is 38.4 Å². The Kier molecular flexibility index (Phi) is 6.90. The maximum atomic E-state index is 13.9. The number of ketones is 1. The number of anilines is 1. The van der Waals surface area contributed by atoms with Crippen LogP contribution in [0.5, 0.6) is 17.2 Å². The smallest absolute Gasteiger partial charge is 0.300 e. The molecule has 1 N–H and O–H groups in total. The van der Waals surface area contributed by atoms with E-state index in [0.29, 0.717) is 28.4 Å². The normalized spacial score (nSPS) is 16.8. The number of hydrogen-bond acceptors (Lipinski definition) is 6. The molecule has 3 aromatic carbocycles. The number of methoxy groups -OCH3 is 3. The second-order valence-corrected chi connectivity index (χ2v) is 8.47. The zero-order chi connectivity index (χ0) is 26.1. The Balaban J connectivity index is 1.98. The van der Waals surface area contributed by atoms with E-state index < -0.39 is 23.5 Å². The van der Waals surface area contributed by atoms with E-state index in [1.807, 2.05) is 0 Å². The first kappa shape index (κ1) is 25.1. The molecule has 1 saturated heterocycles. The number of rotatable bonds is 6. The third-order valence-corrected chi connectivity index (χ3v) is 6.31. The highest BCUT2D eigenvalue weighted by Gasteiger charge is 2.47. The summed E-state index contributed by atoms with van der Waals surface area (Å²) in [6.45, 7) is 1.79. The van der Waals surface area contributed by atoms with Crippen LogP contribution >= 0.6 is 11.6 Å². The van der Waals surface area contributed by atoms with Crippen LogP contribution in [0.3, 0.4) is 0 Å². The van der Waals surface area contributed by atoms with Gasteiger partial charge in [-0.15, -0.1) is 0 Å². The molecular formula is C27H23ClFNO6. The molecule has 186 valence electrons. The average molecular weight is 512 g/mol. The summed E-state index contributed by atoms with van der Waals surface area (Å²) in [7, 11) is 4.47. The molecule has 1 aliphatic rings. The summed E-state index contributed by atoms with van der Waals surface area (Å²) < 4.78 is 29.9. The molecule has 0 radical (unpaired) electrons. The fourth-order valence-electron chi connectivity index (χ4n) is 4.25. The molecule has 0 saturated carbocycles. The maximum absolute atomic E-state index is 13.9. The average Bonchev–Trinajstić information content (AvgIpc) is 3.14. The highest BCUT2D eigenvalue weighted by atomic mass is 35.5. The fourth-order valence-corrected chi connectivity index (χ4v) is 4.43. The quantitative estimate of drug-likeness (QED) is 0.269. The molecule has 3 aromatic rings. The Morgan fingerprint density at radius 2 is 1.58 bits per heavy atom. The number of amides is 1. The monoisotopic (exact) mass is 511 g/mol. The number of aliphatic hydroxyl groups excluding tert-OH is 1. The summed E-state index contributed by atoms with van der Waals surface area (Å²) in [6, 6.07) is 12.4. The standard InChI is InChI=1S/C27H23ClFNO6/c1-14-11-16(6-9-20(14)34-2)25(31)23-24(15-5-10-21(35-3)22(12-15)36-4)30(27(33)26(23)32)17-7-8-19(29)18(28)13-17/h5-13,24,31H,1-4H3/b25-23+. The van der Waals surface area contributed by atoms with Crippen molar-refractivity contribution in [3.8, 4) is 17.2 Å². The molecule has 1 amide bonds. The van der Waals surface area contributed by atoms with Crippen LogP contribution in [0.2, 0.25) is 5.02 Å². The molecule has 1 aliphatic heterocycles. The summed E-state index contributed by atoms with van der Waals surface area (Å²) in [5, 5.41) is 11.1. The van der Waals surface area contributed by atoms with Crippen molar-refractivity contribution in [2.24, 2.45) is 0 Å². The molecule has 0 aromatic heterocycles. The van der Waals surface area contributed by atoms with Gasteiger partial charge < -0.3 is 19.3 Å². The molecule has 0 bridgehead atoms. The first-order valence-electron chi connectivity index (χ1n) is 10.8. The fraction of sp³-hybridized carbons (Fsp3) is 0.185. The molecule has 7 nitrogen and oxygen atoms in total. The molecule has 1 unspecified atom stereocenters. The van der Waals surface area contributed by atoms with Crippen molar-refractivity contribution in [2.75, 3.05) is 26.2 Å². The summed E-state index contributed by atoms with van der Waals surface area (Å²) >= 11 is 5.99. The van der Waals surface area contributed by atoms with E-state index in [4.69, 9.17) is 25.8 Å². The Labute approximate surface area is 212 Å². The van der Waals surface area contributed by atoms with E-state index in [2.05, 4.69) is 0 Å². The molecule has 36 heavy (non-hydrogen) atoms. The van der Waals surface area contributed by atoms with Gasteiger partial charge in [-0.3, -0.25) is 14.5 Å². The van der Waals surface area contributed by atoms with Crippen LogP contribution in [-0.2, 0) is 9.59 Å². The molecule has 1 heterocycles. The van der Waals surface area contributed by atoms with Gasteiger partial charge in [-0.05, 0) is 66.6 Å². The summed E-state index contributed by atoms with van der Waals surface area (Å²) in [5.41, 5.74) is 1.56. The molecule has 9 heteroatoms. The number of ether oxygens (including phenoxy) is 3. The van der Waals surface area contributed by atoms with Gasteiger partial charge >= 0.3 is 0 Å². The Bertz CT molecular complexity index is 1400. The zero-order valence-electron chi connectivity index (χ0n) is 20.0. The van der Waals surface area contributed by atoms with Gasteiger partial charge in [0.15, 0.2) is 11.5 Å². The molecule has 0 aliphatic carbocycles. The van der Waals surface area contributed by atoms with Gasteiger partial charge in [0.1, 0.15) is 17.3 Å². The summed E-state index contributed by atoms with van der Waals surface area (Å²) in [5.74, 6) is -1.44. The summed E-state index contributed by atoms with van der Waals surface area (Å²) in [6.07, 6.45) is 0.